The number of β-lactam (4-membered cyclic amide) rings is 1. The predicted octanol–water partition coefficient (Wildman–Crippen LogP) is -0.0901. The van der Waals surface area contributed by atoms with Gasteiger partial charge in [-0.3, -0.25) is 24.3 Å². The van der Waals surface area contributed by atoms with Gasteiger partial charge in [0, 0.05) is 44.0 Å². The van der Waals surface area contributed by atoms with E-state index in [1.807, 2.05) is 0 Å². The van der Waals surface area contributed by atoms with Gasteiger partial charge in [-0.15, -0.1) is 34.9 Å². The smallest absolute Gasteiger partial charge is 0.353 e. The summed E-state index contributed by atoms with van der Waals surface area (Å²) in [6.45, 7) is 0. The fourth-order valence-electron chi connectivity index (χ4n) is 3.50. The van der Waals surface area contributed by atoms with Crippen molar-refractivity contribution in [3.05, 3.63) is 40.1 Å². The molecule has 0 bridgehead atoms. The zero-order valence-corrected chi connectivity index (χ0v) is 22.4. The molecule has 8 N–H and O–H groups in total. The predicted molar refractivity (Wildman–Crippen MR) is 143 cm³/mol. The lowest BCUT2D eigenvalue weighted by Crippen LogP contribution is -2.71. The van der Waals surface area contributed by atoms with E-state index in [2.05, 4.69) is 25.8 Å². The van der Waals surface area contributed by atoms with Gasteiger partial charge < -0.3 is 32.4 Å². The fourth-order valence-corrected chi connectivity index (χ4v) is 7.61. The number of thiazole rings is 1. The minimum Gasteiger partial charge on any atom is -0.477 e. The van der Waals surface area contributed by atoms with Crippen LogP contribution in [0, 0.1) is 0 Å². The monoisotopic (exact) mass is 596 g/mol. The van der Waals surface area contributed by atoms with Crippen LogP contribution in [-0.2, 0) is 19.2 Å². The average molecular weight is 597 g/mol. The number of rotatable bonds is 11. The molecule has 0 spiro atoms. The van der Waals surface area contributed by atoms with Gasteiger partial charge in [0.25, 0.3) is 11.8 Å². The lowest BCUT2D eigenvalue weighted by atomic mass is 10.0. The second kappa shape index (κ2) is 12.0. The minimum atomic E-state index is -1.29. The minimum absolute atomic E-state index is 0.0474. The molecule has 3 amide bonds. The number of aliphatic carboxylic acids is 1. The molecule has 2 aliphatic heterocycles. The van der Waals surface area contributed by atoms with E-state index in [1.54, 1.807) is 18.5 Å². The SMILES string of the molecule is Nc1nc(/C(=N/O)C(=O)N[C@@H]2C(=O)N3C(C(=O)O)=C(Sc4ccncc4SCC(N)NC=O)CS[C@@H]23)cs1. The highest BCUT2D eigenvalue weighted by molar-refractivity contribution is 8.07. The van der Waals surface area contributed by atoms with Crippen molar-refractivity contribution < 1.29 is 29.5 Å². The van der Waals surface area contributed by atoms with Crippen molar-refractivity contribution in [1.82, 2.24) is 25.5 Å². The Morgan fingerprint density at radius 3 is 2.84 bits per heavy atom. The number of hydrogen-bond acceptors (Lipinski definition) is 14. The lowest BCUT2D eigenvalue weighted by molar-refractivity contribution is -0.150. The number of carboxylic acids is 1. The third kappa shape index (κ3) is 5.73. The zero-order valence-electron chi connectivity index (χ0n) is 19.1. The van der Waals surface area contributed by atoms with Crippen LogP contribution in [0.4, 0.5) is 5.13 Å². The third-order valence-corrected chi connectivity index (χ3v) is 9.77. The van der Waals surface area contributed by atoms with Crippen LogP contribution >= 0.6 is 46.6 Å². The summed E-state index contributed by atoms with van der Waals surface area (Å²) in [6, 6.07) is 0.691. The summed E-state index contributed by atoms with van der Waals surface area (Å²) < 4.78 is 0. The molecular formula is C20H20N8O6S4. The van der Waals surface area contributed by atoms with E-state index < -0.39 is 41.1 Å². The van der Waals surface area contributed by atoms with Crippen molar-refractivity contribution in [2.45, 2.75) is 27.4 Å². The van der Waals surface area contributed by atoms with Gasteiger partial charge in [0.15, 0.2) is 10.8 Å². The van der Waals surface area contributed by atoms with Gasteiger partial charge in [-0.25, -0.2) is 9.78 Å². The van der Waals surface area contributed by atoms with Gasteiger partial charge in [-0.2, -0.15) is 0 Å². The number of nitrogens with two attached hydrogens (primary N) is 2. The Labute approximate surface area is 231 Å². The van der Waals surface area contributed by atoms with E-state index in [0.717, 1.165) is 21.1 Å². The van der Waals surface area contributed by atoms with Crippen molar-refractivity contribution in [2.75, 3.05) is 17.2 Å². The molecule has 18 heteroatoms. The Balaban J connectivity index is 1.50. The van der Waals surface area contributed by atoms with Gasteiger partial charge in [-0.05, 0) is 6.07 Å². The number of thioether (sulfide) groups is 3. The molecule has 4 heterocycles. The summed E-state index contributed by atoms with van der Waals surface area (Å²) in [7, 11) is 0. The number of aromatic nitrogens is 2. The number of nitrogens with zero attached hydrogens (tertiary/aromatic N) is 4. The number of hydrogen-bond donors (Lipinski definition) is 6. The Bertz CT molecular complexity index is 1330. The summed E-state index contributed by atoms with van der Waals surface area (Å²) in [5.41, 5.74) is 10.8. The molecular weight excluding hydrogens is 577 g/mol. The first-order chi connectivity index (χ1) is 18.2. The van der Waals surface area contributed by atoms with Gasteiger partial charge in [-0.1, -0.05) is 16.9 Å². The maximum absolute atomic E-state index is 13.0. The van der Waals surface area contributed by atoms with E-state index in [9.17, 15) is 29.5 Å². The van der Waals surface area contributed by atoms with Crippen molar-refractivity contribution in [3.63, 3.8) is 0 Å². The molecule has 1 fully saturated rings. The summed E-state index contributed by atoms with van der Waals surface area (Å²) in [5, 5.41) is 28.1. The van der Waals surface area contributed by atoms with Crippen molar-refractivity contribution >= 4 is 81.7 Å². The molecule has 0 saturated carbocycles. The fraction of sp³-hybridized carbons (Fsp3) is 0.250. The standard InChI is InChI=1S/C20H20N8O6S4/c21-12(24-7-29)6-35-10-3-23-2-1-9(10)38-11-5-36-18-14(17(31)28(18)15(11)19(32)33)26-16(30)13(27-34)8-4-37-20(22)25-8/h1-4,7,12,14,18,34H,5-6,21H2,(H2,22,25)(H,24,29)(H,26,30)(H,32,33)/b27-13-/t12?,14-,18+/m1/s1. The zero-order chi connectivity index (χ0) is 27.4. The Kier molecular flexibility index (Phi) is 8.77. The van der Waals surface area contributed by atoms with Crippen LogP contribution in [-0.4, -0.2) is 84.2 Å². The summed E-state index contributed by atoms with van der Waals surface area (Å²) in [5.74, 6) is -2.13. The topological polar surface area (TPSA) is 226 Å². The molecule has 2 aromatic heterocycles. The number of anilines is 1. The lowest BCUT2D eigenvalue weighted by Gasteiger charge is -2.49. The number of nitrogen functional groups attached to an aromatic ring is 1. The van der Waals surface area contributed by atoms with Crippen LogP contribution in [0.1, 0.15) is 5.69 Å². The number of nitrogens with one attached hydrogen (secondary N) is 2. The molecule has 200 valence electrons. The van der Waals surface area contributed by atoms with Crippen LogP contribution in [0.25, 0.3) is 0 Å². The molecule has 0 aliphatic carbocycles. The van der Waals surface area contributed by atoms with E-state index in [1.165, 1.54) is 40.7 Å². The number of amides is 3. The Hall–Kier alpha value is -3.32. The van der Waals surface area contributed by atoms with Gasteiger partial charge in [0.2, 0.25) is 6.41 Å². The number of fused-ring (bicyclic) bond motifs is 1. The molecule has 1 saturated heterocycles. The molecule has 1 unspecified atom stereocenters. The third-order valence-electron chi connectivity index (χ3n) is 5.18. The maximum Gasteiger partial charge on any atom is 0.353 e. The van der Waals surface area contributed by atoms with Gasteiger partial charge in [0.05, 0.1) is 6.17 Å². The first kappa shape index (κ1) is 27.7. The first-order valence-corrected chi connectivity index (χ1v) is 14.3. The molecule has 0 aromatic carbocycles. The second-order valence-electron chi connectivity index (χ2n) is 7.58. The van der Waals surface area contributed by atoms with Crippen LogP contribution in [0.3, 0.4) is 0 Å². The van der Waals surface area contributed by atoms with Crippen LogP contribution < -0.4 is 22.1 Å². The number of carbonyl (C=O) groups is 4. The maximum atomic E-state index is 13.0. The number of pyridine rings is 1. The van der Waals surface area contributed by atoms with E-state index in [-0.39, 0.29) is 22.3 Å². The molecule has 38 heavy (non-hydrogen) atoms. The van der Waals surface area contributed by atoms with Crippen molar-refractivity contribution in [3.8, 4) is 0 Å². The first-order valence-electron chi connectivity index (χ1n) is 10.6. The number of carboxylic acid groups (broad SMARTS) is 1. The average Bonchev–Trinajstić information content (AvgIpc) is 3.32. The highest BCUT2D eigenvalue weighted by Crippen LogP contribution is 2.46. The molecule has 0 radical (unpaired) electrons. The number of carbonyl (C=O) groups excluding carboxylic acids is 3. The van der Waals surface area contributed by atoms with Crippen LogP contribution in [0.2, 0.25) is 0 Å². The highest BCUT2D eigenvalue weighted by atomic mass is 32.2. The Morgan fingerprint density at radius 1 is 1.39 bits per heavy atom. The van der Waals surface area contributed by atoms with Crippen molar-refractivity contribution in [1.29, 1.82) is 0 Å². The summed E-state index contributed by atoms with van der Waals surface area (Å²) in [4.78, 5) is 59.5. The Morgan fingerprint density at radius 2 is 2.18 bits per heavy atom. The van der Waals surface area contributed by atoms with E-state index >= 15 is 0 Å². The molecule has 2 aliphatic rings. The highest BCUT2D eigenvalue weighted by Gasteiger charge is 2.54. The summed E-state index contributed by atoms with van der Waals surface area (Å²) in [6.07, 6.45) is 3.10. The number of oxime groups is 1. The molecule has 3 atom stereocenters. The largest absolute Gasteiger partial charge is 0.477 e. The van der Waals surface area contributed by atoms with Crippen LogP contribution in [0.5, 0.6) is 0 Å². The second-order valence-corrected chi connectivity index (χ2v) is 11.8. The summed E-state index contributed by atoms with van der Waals surface area (Å²) >= 11 is 4.87. The molecule has 14 nitrogen and oxygen atoms in total. The normalized spacial score (nSPS) is 19.9. The van der Waals surface area contributed by atoms with Gasteiger partial charge in [0.1, 0.15) is 22.8 Å². The molecule has 2 aromatic rings. The van der Waals surface area contributed by atoms with Crippen molar-refractivity contribution in [2.24, 2.45) is 10.9 Å². The van der Waals surface area contributed by atoms with E-state index in [4.69, 9.17) is 11.5 Å². The van der Waals surface area contributed by atoms with Gasteiger partial charge >= 0.3 is 5.97 Å². The van der Waals surface area contributed by atoms with Crippen LogP contribution in [0.15, 0.2) is 49.4 Å². The quantitative estimate of drug-likeness (QED) is 0.0380. The molecule has 4 rings (SSSR count). The van der Waals surface area contributed by atoms with E-state index in [0.29, 0.717) is 22.0 Å².